The van der Waals surface area contributed by atoms with Gasteiger partial charge in [-0.15, -0.1) is 0 Å². The molecule has 3 fully saturated rings. The number of hydrogen-bond donors (Lipinski definition) is 0. The van der Waals surface area contributed by atoms with Crippen molar-refractivity contribution in [2.24, 2.45) is 11.3 Å². The lowest BCUT2D eigenvalue weighted by atomic mass is 9.73. The summed E-state index contributed by atoms with van der Waals surface area (Å²) in [6.45, 7) is 3.40. The largest absolute Gasteiger partial charge is 0.380 e. The fourth-order valence-electron chi connectivity index (χ4n) is 3.83. The highest BCUT2D eigenvalue weighted by Crippen LogP contribution is 2.41. The monoisotopic (exact) mass is 317 g/mol. The molecule has 0 bridgehead atoms. The Kier molecular flexibility index (Phi) is 4.60. The standard InChI is InChI=1S/C15H27NO4S/c1-21(17,18)16-8-6-14-15(11-16,7-3-9-20-14)12-19-10-13-4-2-5-13/h13-14H,2-12H2,1H3/t14-,15-/m0/s1. The van der Waals surface area contributed by atoms with Crippen LogP contribution in [0, 0.1) is 11.3 Å². The van der Waals surface area contributed by atoms with Gasteiger partial charge in [0.15, 0.2) is 0 Å². The van der Waals surface area contributed by atoms with Crippen molar-refractivity contribution in [3.8, 4) is 0 Å². The molecule has 0 radical (unpaired) electrons. The third-order valence-electron chi connectivity index (χ3n) is 5.39. The highest BCUT2D eigenvalue weighted by molar-refractivity contribution is 7.88. The fraction of sp³-hybridized carbons (Fsp3) is 1.00. The molecule has 2 aliphatic heterocycles. The number of fused-ring (bicyclic) bond motifs is 1. The van der Waals surface area contributed by atoms with Crippen LogP contribution in [0.4, 0.5) is 0 Å². The number of ether oxygens (including phenoxy) is 2. The van der Waals surface area contributed by atoms with Crippen LogP contribution in [0.25, 0.3) is 0 Å². The Balaban J connectivity index is 1.65. The first-order valence-corrected chi connectivity index (χ1v) is 9.99. The van der Waals surface area contributed by atoms with Gasteiger partial charge in [0.1, 0.15) is 0 Å². The molecule has 0 aromatic carbocycles. The quantitative estimate of drug-likeness (QED) is 0.773. The lowest BCUT2D eigenvalue weighted by Crippen LogP contribution is -2.58. The van der Waals surface area contributed by atoms with E-state index < -0.39 is 10.0 Å². The van der Waals surface area contributed by atoms with E-state index >= 15 is 0 Å². The molecule has 3 aliphatic rings. The second-order valence-electron chi connectivity index (χ2n) is 7.02. The van der Waals surface area contributed by atoms with Gasteiger partial charge in [-0.3, -0.25) is 0 Å². The van der Waals surface area contributed by atoms with Crippen LogP contribution in [-0.2, 0) is 19.5 Å². The van der Waals surface area contributed by atoms with E-state index in [9.17, 15) is 8.42 Å². The first-order chi connectivity index (χ1) is 10.00. The molecule has 6 heteroatoms. The van der Waals surface area contributed by atoms with Crippen LogP contribution in [0.1, 0.15) is 38.5 Å². The molecule has 0 unspecified atom stereocenters. The van der Waals surface area contributed by atoms with Crippen molar-refractivity contribution in [2.45, 2.75) is 44.6 Å². The van der Waals surface area contributed by atoms with Gasteiger partial charge < -0.3 is 9.47 Å². The molecular formula is C15H27NO4S. The number of piperidine rings is 1. The predicted octanol–water partition coefficient (Wildman–Crippen LogP) is 1.63. The minimum absolute atomic E-state index is 0.136. The number of rotatable bonds is 5. The summed E-state index contributed by atoms with van der Waals surface area (Å²) in [5, 5.41) is 0. The second-order valence-corrected chi connectivity index (χ2v) is 9.01. The van der Waals surface area contributed by atoms with Crippen LogP contribution in [-0.4, -0.2) is 58.0 Å². The summed E-state index contributed by atoms with van der Waals surface area (Å²) in [4.78, 5) is 0. The molecule has 0 aromatic heterocycles. The molecule has 2 saturated heterocycles. The average molecular weight is 317 g/mol. The highest BCUT2D eigenvalue weighted by atomic mass is 32.2. The van der Waals surface area contributed by atoms with E-state index in [1.165, 1.54) is 25.5 Å². The molecule has 0 N–H and O–H groups in total. The van der Waals surface area contributed by atoms with E-state index in [0.717, 1.165) is 38.4 Å². The third kappa shape index (κ3) is 3.44. The number of sulfonamides is 1. The maximum Gasteiger partial charge on any atom is 0.211 e. The van der Waals surface area contributed by atoms with Gasteiger partial charge in [-0.05, 0) is 38.0 Å². The van der Waals surface area contributed by atoms with E-state index in [0.29, 0.717) is 19.7 Å². The van der Waals surface area contributed by atoms with Crippen molar-refractivity contribution in [1.29, 1.82) is 0 Å². The van der Waals surface area contributed by atoms with E-state index in [1.54, 1.807) is 4.31 Å². The molecule has 0 amide bonds. The van der Waals surface area contributed by atoms with Gasteiger partial charge in [0.25, 0.3) is 0 Å². The van der Waals surface area contributed by atoms with Crippen LogP contribution in [0.15, 0.2) is 0 Å². The maximum absolute atomic E-state index is 11.9. The SMILES string of the molecule is CS(=O)(=O)N1CC[C@@H]2OCCC[C@@]2(COCC2CCC2)C1. The Hall–Kier alpha value is -0.170. The van der Waals surface area contributed by atoms with Crippen LogP contribution in [0.2, 0.25) is 0 Å². The molecule has 1 saturated carbocycles. The van der Waals surface area contributed by atoms with Gasteiger partial charge in [-0.2, -0.15) is 0 Å². The number of nitrogens with zero attached hydrogens (tertiary/aromatic N) is 1. The Morgan fingerprint density at radius 1 is 1.29 bits per heavy atom. The number of hydrogen-bond acceptors (Lipinski definition) is 4. The van der Waals surface area contributed by atoms with Gasteiger partial charge >= 0.3 is 0 Å². The molecule has 0 aromatic rings. The van der Waals surface area contributed by atoms with Crippen molar-refractivity contribution in [3.63, 3.8) is 0 Å². The summed E-state index contributed by atoms with van der Waals surface area (Å²) >= 11 is 0. The van der Waals surface area contributed by atoms with Crippen LogP contribution < -0.4 is 0 Å². The molecule has 122 valence electrons. The molecule has 1 aliphatic carbocycles. The Bertz CT molecular complexity index is 462. The summed E-state index contributed by atoms with van der Waals surface area (Å²) in [5.74, 6) is 0.721. The summed E-state index contributed by atoms with van der Waals surface area (Å²) in [6.07, 6.45) is 8.15. The first kappa shape index (κ1) is 15.7. The van der Waals surface area contributed by atoms with E-state index in [1.807, 2.05) is 0 Å². The van der Waals surface area contributed by atoms with Gasteiger partial charge in [-0.25, -0.2) is 12.7 Å². The second kappa shape index (κ2) is 6.14. The van der Waals surface area contributed by atoms with E-state index in [-0.39, 0.29) is 11.5 Å². The zero-order valence-corrected chi connectivity index (χ0v) is 13.7. The smallest absolute Gasteiger partial charge is 0.211 e. The lowest BCUT2D eigenvalue weighted by Gasteiger charge is -2.49. The van der Waals surface area contributed by atoms with Crippen molar-refractivity contribution in [2.75, 3.05) is 39.2 Å². The summed E-state index contributed by atoms with van der Waals surface area (Å²) in [7, 11) is -3.13. The van der Waals surface area contributed by atoms with Crippen molar-refractivity contribution >= 4 is 10.0 Å². The van der Waals surface area contributed by atoms with Crippen molar-refractivity contribution in [1.82, 2.24) is 4.31 Å². The van der Waals surface area contributed by atoms with Gasteiger partial charge in [0.05, 0.1) is 19.0 Å². The molecule has 2 heterocycles. The molecule has 3 rings (SSSR count). The van der Waals surface area contributed by atoms with Gasteiger partial charge in [-0.1, -0.05) is 6.42 Å². The summed E-state index contributed by atoms with van der Waals surface area (Å²) < 4.78 is 37.3. The van der Waals surface area contributed by atoms with Gasteiger partial charge in [0, 0.05) is 31.7 Å². The summed E-state index contributed by atoms with van der Waals surface area (Å²) in [5.41, 5.74) is -0.136. The Morgan fingerprint density at radius 2 is 2.10 bits per heavy atom. The fourth-order valence-corrected chi connectivity index (χ4v) is 4.76. The zero-order chi connectivity index (χ0) is 14.9. The molecular weight excluding hydrogens is 290 g/mol. The van der Waals surface area contributed by atoms with Gasteiger partial charge in [0.2, 0.25) is 10.0 Å². The highest BCUT2D eigenvalue weighted by Gasteiger charge is 2.48. The zero-order valence-electron chi connectivity index (χ0n) is 12.9. The maximum atomic E-state index is 11.9. The average Bonchev–Trinajstić information content (AvgIpc) is 2.40. The molecule has 2 atom stereocenters. The van der Waals surface area contributed by atoms with Crippen molar-refractivity contribution in [3.05, 3.63) is 0 Å². The minimum Gasteiger partial charge on any atom is -0.380 e. The summed E-state index contributed by atoms with van der Waals surface area (Å²) in [6, 6.07) is 0. The van der Waals surface area contributed by atoms with E-state index in [2.05, 4.69) is 0 Å². The van der Waals surface area contributed by atoms with Crippen LogP contribution in [0.3, 0.4) is 0 Å². The normalized spacial score (nSPS) is 35.2. The van der Waals surface area contributed by atoms with Crippen LogP contribution >= 0.6 is 0 Å². The molecule has 5 nitrogen and oxygen atoms in total. The molecule has 21 heavy (non-hydrogen) atoms. The lowest BCUT2D eigenvalue weighted by molar-refractivity contribution is -0.145. The van der Waals surface area contributed by atoms with Crippen LogP contribution in [0.5, 0.6) is 0 Å². The first-order valence-electron chi connectivity index (χ1n) is 8.14. The van der Waals surface area contributed by atoms with Crippen molar-refractivity contribution < 1.29 is 17.9 Å². The molecule has 0 spiro atoms. The third-order valence-corrected chi connectivity index (χ3v) is 6.64. The van der Waals surface area contributed by atoms with E-state index in [4.69, 9.17) is 9.47 Å². The topological polar surface area (TPSA) is 55.8 Å². The minimum atomic E-state index is -3.13. The Labute approximate surface area is 128 Å². The predicted molar refractivity (Wildman–Crippen MR) is 80.6 cm³/mol. The Morgan fingerprint density at radius 3 is 2.76 bits per heavy atom.